The van der Waals surface area contributed by atoms with Gasteiger partial charge in [-0.15, -0.1) is 0 Å². The van der Waals surface area contributed by atoms with Crippen LogP contribution < -0.4 is 11.1 Å². The molecule has 0 bridgehead atoms. The van der Waals surface area contributed by atoms with Gasteiger partial charge in [0.1, 0.15) is 5.54 Å². The van der Waals surface area contributed by atoms with Gasteiger partial charge in [0, 0.05) is 38.0 Å². The molecule has 2 aliphatic rings. The van der Waals surface area contributed by atoms with Crippen LogP contribution in [0.15, 0.2) is 0 Å². The quantitative estimate of drug-likeness (QED) is 0.588. The number of amides is 3. The van der Waals surface area contributed by atoms with Crippen LogP contribution in [-0.2, 0) is 9.53 Å². The summed E-state index contributed by atoms with van der Waals surface area (Å²) in [6.45, 7) is 5.37. The van der Waals surface area contributed by atoms with Gasteiger partial charge in [-0.3, -0.25) is 9.69 Å². The summed E-state index contributed by atoms with van der Waals surface area (Å²) < 4.78 is 5.28. The van der Waals surface area contributed by atoms with Crippen molar-refractivity contribution in [2.45, 2.75) is 45.1 Å². The third-order valence-electron chi connectivity index (χ3n) is 4.44. The number of imide groups is 1. The minimum Gasteiger partial charge on any atom is -0.393 e. The Labute approximate surface area is 130 Å². The molecule has 7 heteroatoms. The number of urea groups is 1. The van der Waals surface area contributed by atoms with Crippen LogP contribution in [0, 0.1) is 5.41 Å². The fourth-order valence-electron chi connectivity index (χ4n) is 2.74. The molecular weight excluding hydrogens is 290 g/mol. The minimum atomic E-state index is -0.742. The maximum atomic E-state index is 12.5. The number of nitrogens with one attached hydrogen (secondary N) is 1. The van der Waals surface area contributed by atoms with Gasteiger partial charge in [-0.05, 0) is 12.8 Å². The topological polar surface area (TPSA) is 84.7 Å². The molecule has 6 nitrogen and oxygen atoms in total. The summed E-state index contributed by atoms with van der Waals surface area (Å²) in [4.78, 5) is 26.3. The molecule has 2 fully saturated rings. The average molecular weight is 313 g/mol. The molecule has 0 atom stereocenters. The van der Waals surface area contributed by atoms with E-state index in [1.807, 2.05) is 13.8 Å². The fraction of sp³-hybridized carbons (Fsp3) is 0.786. The molecule has 0 aromatic carbocycles. The molecule has 0 aromatic heterocycles. The molecule has 1 spiro atoms. The van der Waals surface area contributed by atoms with E-state index >= 15 is 0 Å². The average Bonchev–Trinajstić information content (AvgIpc) is 2.63. The Bertz CT molecular complexity index is 458. The molecule has 0 aliphatic carbocycles. The zero-order valence-electron chi connectivity index (χ0n) is 12.6. The SMILES string of the molecule is CC(C)(CCCN1C(=O)NC2(CCOCC2)C1=O)C(N)=S. The number of hydrogen-bond donors (Lipinski definition) is 2. The van der Waals surface area contributed by atoms with E-state index < -0.39 is 5.54 Å². The van der Waals surface area contributed by atoms with Gasteiger partial charge in [-0.1, -0.05) is 26.1 Å². The van der Waals surface area contributed by atoms with Crippen molar-refractivity contribution in [2.75, 3.05) is 19.8 Å². The zero-order valence-corrected chi connectivity index (χ0v) is 13.4. The van der Waals surface area contributed by atoms with E-state index in [1.54, 1.807) is 0 Å². The Balaban J connectivity index is 1.93. The van der Waals surface area contributed by atoms with Crippen molar-refractivity contribution >= 4 is 29.1 Å². The second-order valence-corrected chi connectivity index (χ2v) is 6.87. The second-order valence-electron chi connectivity index (χ2n) is 6.43. The molecule has 118 valence electrons. The van der Waals surface area contributed by atoms with Crippen LogP contribution in [-0.4, -0.2) is 47.1 Å². The van der Waals surface area contributed by atoms with Gasteiger partial charge in [0.25, 0.3) is 5.91 Å². The number of rotatable bonds is 5. The van der Waals surface area contributed by atoms with Crippen LogP contribution in [0.2, 0.25) is 0 Å². The lowest BCUT2D eigenvalue weighted by atomic mass is 9.87. The maximum Gasteiger partial charge on any atom is 0.325 e. The molecular formula is C14H23N3O3S. The lowest BCUT2D eigenvalue weighted by Crippen LogP contribution is -2.51. The van der Waals surface area contributed by atoms with Crippen LogP contribution in [0.1, 0.15) is 39.5 Å². The molecule has 0 aromatic rings. The minimum absolute atomic E-state index is 0.121. The Hall–Kier alpha value is -1.21. The first-order valence-electron chi connectivity index (χ1n) is 7.30. The fourth-order valence-corrected chi connectivity index (χ4v) is 2.84. The molecule has 0 radical (unpaired) electrons. The van der Waals surface area contributed by atoms with E-state index in [2.05, 4.69) is 5.32 Å². The predicted octanol–water partition coefficient (Wildman–Crippen LogP) is 1.18. The van der Waals surface area contributed by atoms with Gasteiger partial charge < -0.3 is 15.8 Å². The summed E-state index contributed by atoms with van der Waals surface area (Å²) in [6, 6.07) is -0.296. The zero-order chi connectivity index (χ0) is 15.7. The van der Waals surface area contributed by atoms with E-state index in [1.165, 1.54) is 4.90 Å². The van der Waals surface area contributed by atoms with Gasteiger partial charge >= 0.3 is 6.03 Å². The van der Waals surface area contributed by atoms with Gasteiger partial charge in [0.15, 0.2) is 0 Å². The van der Waals surface area contributed by atoms with E-state index in [0.717, 1.165) is 6.42 Å². The van der Waals surface area contributed by atoms with E-state index in [-0.39, 0.29) is 17.4 Å². The number of nitrogens with two attached hydrogens (primary N) is 1. The van der Waals surface area contributed by atoms with Crippen LogP contribution >= 0.6 is 12.2 Å². The van der Waals surface area contributed by atoms with Crippen LogP contribution in [0.4, 0.5) is 4.79 Å². The first kappa shape index (κ1) is 16.2. The highest BCUT2D eigenvalue weighted by atomic mass is 32.1. The highest BCUT2D eigenvalue weighted by Gasteiger charge is 2.51. The summed E-state index contributed by atoms with van der Waals surface area (Å²) in [5, 5.41) is 2.85. The highest BCUT2D eigenvalue weighted by molar-refractivity contribution is 7.80. The molecule has 0 unspecified atom stereocenters. The van der Waals surface area contributed by atoms with Crippen LogP contribution in [0.3, 0.4) is 0 Å². The van der Waals surface area contributed by atoms with Gasteiger partial charge in [-0.2, -0.15) is 0 Å². The number of carbonyl (C=O) groups excluding carboxylic acids is 2. The van der Waals surface area contributed by atoms with Gasteiger partial charge in [0.05, 0.1) is 4.99 Å². The number of thiocarbonyl (C=S) groups is 1. The smallest absolute Gasteiger partial charge is 0.325 e. The van der Waals surface area contributed by atoms with Gasteiger partial charge in [-0.25, -0.2) is 4.79 Å². The molecule has 2 aliphatic heterocycles. The van der Waals surface area contributed by atoms with Crippen molar-refractivity contribution in [1.29, 1.82) is 0 Å². The van der Waals surface area contributed by atoms with Crippen molar-refractivity contribution < 1.29 is 14.3 Å². The van der Waals surface area contributed by atoms with E-state index in [4.69, 9.17) is 22.7 Å². The van der Waals surface area contributed by atoms with Crippen LogP contribution in [0.25, 0.3) is 0 Å². The summed E-state index contributed by atoms with van der Waals surface area (Å²) in [5.41, 5.74) is 4.69. The molecule has 2 saturated heterocycles. The Morgan fingerprint density at radius 1 is 1.43 bits per heavy atom. The van der Waals surface area contributed by atoms with Crippen molar-refractivity contribution in [2.24, 2.45) is 11.1 Å². The Kier molecular flexibility index (Phi) is 4.53. The molecule has 3 amide bonds. The Morgan fingerprint density at radius 3 is 2.62 bits per heavy atom. The van der Waals surface area contributed by atoms with Crippen molar-refractivity contribution in [3.8, 4) is 0 Å². The Morgan fingerprint density at radius 2 is 2.05 bits per heavy atom. The molecule has 2 rings (SSSR count). The third-order valence-corrected chi connectivity index (χ3v) is 5.00. The second kappa shape index (κ2) is 5.88. The number of hydrogen-bond acceptors (Lipinski definition) is 4. The predicted molar refractivity (Wildman–Crippen MR) is 82.8 cm³/mol. The lowest BCUT2D eigenvalue weighted by Gasteiger charge is -2.30. The van der Waals surface area contributed by atoms with E-state index in [9.17, 15) is 9.59 Å². The summed E-state index contributed by atoms with van der Waals surface area (Å²) in [6.07, 6.45) is 2.53. The molecule has 21 heavy (non-hydrogen) atoms. The molecule has 3 N–H and O–H groups in total. The largest absolute Gasteiger partial charge is 0.393 e. The van der Waals surface area contributed by atoms with Crippen LogP contribution in [0.5, 0.6) is 0 Å². The summed E-state index contributed by atoms with van der Waals surface area (Å²) in [5.74, 6) is -0.121. The number of nitrogens with zero attached hydrogens (tertiary/aromatic N) is 1. The van der Waals surface area contributed by atoms with Crippen molar-refractivity contribution in [3.05, 3.63) is 0 Å². The normalized spacial score (nSPS) is 21.7. The van der Waals surface area contributed by atoms with E-state index in [0.29, 0.717) is 44.0 Å². The monoisotopic (exact) mass is 313 g/mol. The van der Waals surface area contributed by atoms with Crippen molar-refractivity contribution in [3.63, 3.8) is 0 Å². The lowest BCUT2D eigenvalue weighted by molar-refractivity contribution is -0.134. The first-order valence-corrected chi connectivity index (χ1v) is 7.71. The molecule has 2 heterocycles. The maximum absolute atomic E-state index is 12.5. The standard InChI is InChI=1S/C14H23N3O3S/c1-13(2,10(15)21)4-3-7-17-11(18)14(16-12(17)19)5-8-20-9-6-14/h3-9H2,1-2H3,(H2,15,21)(H,16,19). The first-order chi connectivity index (χ1) is 9.78. The van der Waals surface area contributed by atoms with Gasteiger partial charge in [0.2, 0.25) is 0 Å². The number of ether oxygens (including phenoxy) is 1. The summed E-state index contributed by atoms with van der Waals surface area (Å²) in [7, 11) is 0. The summed E-state index contributed by atoms with van der Waals surface area (Å²) >= 11 is 5.03. The molecule has 0 saturated carbocycles. The third kappa shape index (κ3) is 3.18. The highest BCUT2D eigenvalue weighted by Crippen LogP contribution is 2.29. The number of carbonyl (C=O) groups is 2. The van der Waals surface area contributed by atoms with Crippen molar-refractivity contribution in [1.82, 2.24) is 10.2 Å².